The highest BCUT2D eigenvalue weighted by molar-refractivity contribution is 7.92. The van der Waals surface area contributed by atoms with Gasteiger partial charge in [-0.05, 0) is 49.2 Å². The fraction of sp³-hybridized carbons (Fsp3) is 0.350. The summed E-state index contributed by atoms with van der Waals surface area (Å²) in [5, 5.41) is 2.85. The first kappa shape index (κ1) is 19.4. The Morgan fingerprint density at radius 1 is 1.00 bits per heavy atom. The van der Waals surface area contributed by atoms with Gasteiger partial charge >= 0.3 is 0 Å². The zero-order chi connectivity index (χ0) is 19.3. The van der Waals surface area contributed by atoms with Crippen LogP contribution in [0.1, 0.15) is 34.3 Å². The zero-order valence-electron chi connectivity index (χ0n) is 15.4. The van der Waals surface area contributed by atoms with E-state index in [1.807, 2.05) is 12.1 Å². The minimum absolute atomic E-state index is 0.276. The maximum Gasteiger partial charge on any atom is 0.253 e. The molecule has 0 aliphatic carbocycles. The van der Waals surface area contributed by atoms with Crippen molar-refractivity contribution in [3.8, 4) is 0 Å². The normalized spacial score (nSPS) is 14.9. The SMILES string of the molecule is CS(=O)(=O)Nc1ccccc1C(=O)NCc1ccc(CN2CCCC2)cc1. The van der Waals surface area contributed by atoms with E-state index in [0.29, 0.717) is 12.1 Å². The van der Waals surface area contributed by atoms with E-state index in [2.05, 4.69) is 27.1 Å². The topological polar surface area (TPSA) is 78.5 Å². The number of carbonyl (C=O) groups is 1. The fourth-order valence-corrected chi connectivity index (χ4v) is 3.79. The minimum Gasteiger partial charge on any atom is -0.348 e. The van der Waals surface area contributed by atoms with Gasteiger partial charge in [0.15, 0.2) is 0 Å². The standard InChI is InChI=1S/C20H25N3O3S/c1-27(25,26)22-19-7-3-2-6-18(19)20(24)21-14-16-8-10-17(11-9-16)15-23-12-4-5-13-23/h2-3,6-11,22H,4-5,12-15H2,1H3,(H,21,24). The first-order valence-corrected chi connectivity index (χ1v) is 10.9. The predicted octanol–water partition coefficient (Wildman–Crippen LogP) is 2.58. The maximum atomic E-state index is 12.5. The molecule has 0 radical (unpaired) electrons. The molecule has 6 nitrogen and oxygen atoms in total. The van der Waals surface area contributed by atoms with Crippen LogP contribution in [0.4, 0.5) is 5.69 Å². The van der Waals surface area contributed by atoms with Crippen LogP contribution in [0.2, 0.25) is 0 Å². The first-order valence-electron chi connectivity index (χ1n) is 9.06. The van der Waals surface area contributed by atoms with E-state index in [-0.39, 0.29) is 11.6 Å². The van der Waals surface area contributed by atoms with Crippen LogP contribution in [0, 0.1) is 0 Å². The second-order valence-corrected chi connectivity index (χ2v) is 8.65. The molecule has 2 N–H and O–H groups in total. The van der Waals surface area contributed by atoms with Gasteiger partial charge in [0.05, 0.1) is 17.5 Å². The summed E-state index contributed by atoms with van der Waals surface area (Å²) in [5.74, 6) is -0.317. The molecule has 1 heterocycles. The molecule has 1 aliphatic rings. The van der Waals surface area contributed by atoms with Gasteiger partial charge in [0.25, 0.3) is 5.91 Å². The van der Waals surface area contributed by atoms with Crippen LogP contribution in [-0.4, -0.2) is 38.6 Å². The summed E-state index contributed by atoms with van der Waals surface area (Å²) in [6.45, 7) is 3.69. The number of hydrogen-bond acceptors (Lipinski definition) is 4. The third-order valence-electron chi connectivity index (χ3n) is 4.55. The number of nitrogens with zero attached hydrogens (tertiary/aromatic N) is 1. The van der Waals surface area contributed by atoms with E-state index >= 15 is 0 Å². The Labute approximate surface area is 160 Å². The molecule has 1 aliphatic heterocycles. The molecule has 0 aromatic heterocycles. The number of anilines is 1. The average Bonchev–Trinajstić information content (AvgIpc) is 3.13. The lowest BCUT2D eigenvalue weighted by molar-refractivity contribution is 0.0952. The summed E-state index contributed by atoms with van der Waals surface area (Å²) in [7, 11) is -3.45. The Hall–Kier alpha value is -2.38. The van der Waals surface area contributed by atoms with E-state index in [0.717, 1.165) is 18.4 Å². The van der Waals surface area contributed by atoms with Crippen LogP contribution >= 0.6 is 0 Å². The van der Waals surface area contributed by atoms with Crippen molar-refractivity contribution in [2.75, 3.05) is 24.1 Å². The molecule has 0 saturated carbocycles. The summed E-state index contributed by atoms with van der Waals surface area (Å²) in [6.07, 6.45) is 3.62. The third kappa shape index (κ3) is 5.80. The Balaban J connectivity index is 1.59. The molecule has 0 unspecified atom stereocenters. The largest absolute Gasteiger partial charge is 0.348 e. The lowest BCUT2D eigenvalue weighted by Gasteiger charge is -2.15. The van der Waals surface area contributed by atoms with E-state index in [1.165, 1.54) is 31.5 Å². The highest BCUT2D eigenvalue weighted by Gasteiger charge is 2.14. The Morgan fingerprint density at radius 2 is 1.63 bits per heavy atom. The van der Waals surface area contributed by atoms with Crippen LogP contribution in [-0.2, 0) is 23.1 Å². The second kappa shape index (κ2) is 8.54. The maximum absolute atomic E-state index is 12.5. The molecule has 144 valence electrons. The van der Waals surface area contributed by atoms with E-state index in [9.17, 15) is 13.2 Å². The van der Waals surface area contributed by atoms with Crippen LogP contribution in [0.25, 0.3) is 0 Å². The van der Waals surface area contributed by atoms with Gasteiger partial charge in [-0.25, -0.2) is 8.42 Å². The second-order valence-electron chi connectivity index (χ2n) is 6.90. The number of amides is 1. The van der Waals surface area contributed by atoms with Gasteiger partial charge in [0.1, 0.15) is 0 Å². The van der Waals surface area contributed by atoms with Gasteiger partial charge < -0.3 is 5.32 Å². The van der Waals surface area contributed by atoms with Crippen LogP contribution in [0.5, 0.6) is 0 Å². The molecule has 2 aromatic carbocycles. The molecule has 0 atom stereocenters. The van der Waals surface area contributed by atoms with Gasteiger partial charge in [-0.1, -0.05) is 36.4 Å². The number of nitrogens with one attached hydrogen (secondary N) is 2. The Kier molecular flexibility index (Phi) is 6.13. The molecule has 0 spiro atoms. The summed E-state index contributed by atoms with van der Waals surface area (Å²) in [5.41, 5.74) is 2.85. The Bertz CT molecular complexity index is 889. The summed E-state index contributed by atoms with van der Waals surface area (Å²) in [4.78, 5) is 14.9. The van der Waals surface area contributed by atoms with Crippen molar-refractivity contribution in [3.63, 3.8) is 0 Å². The molecule has 1 saturated heterocycles. The van der Waals surface area contributed by atoms with E-state index < -0.39 is 10.0 Å². The molecule has 2 aromatic rings. The van der Waals surface area contributed by atoms with Gasteiger partial charge in [0.2, 0.25) is 10.0 Å². The van der Waals surface area contributed by atoms with Crippen molar-refractivity contribution < 1.29 is 13.2 Å². The van der Waals surface area contributed by atoms with Crippen molar-refractivity contribution in [3.05, 3.63) is 65.2 Å². The van der Waals surface area contributed by atoms with Crippen molar-refractivity contribution >= 4 is 21.6 Å². The number of para-hydroxylation sites is 1. The minimum atomic E-state index is -3.45. The van der Waals surface area contributed by atoms with Gasteiger partial charge in [-0.2, -0.15) is 0 Å². The summed E-state index contributed by atoms with van der Waals surface area (Å²) < 4.78 is 25.3. The number of benzene rings is 2. The fourth-order valence-electron chi connectivity index (χ4n) is 3.21. The van der Waals surface area contributed by atoms with E-state index in [4.69, 9.17) is 0 Å². The number of carbonyl (C=O) groups excluding carboxylic acids is 1. The lowest BCUT2D eigenvalue weighted by atomic mass is 10.1. The highest BCUT2D eigenvalue weighted by Crippen LogP contribution is 2.17. The highest BCUT2D eigenvalue weighted by atomic mass is 32.2. The lowest BCUT2D eigenvalue weighted by Crippen LogP contribution is -2.24. The third-order valence-corrected chi connectivity index (χ3v) is 5.14. The predicted molar refractivity (Wildman–Crippen MR) is 107 cm³/mol. The first-order chi connectivity index (χ1) is 12.9. The van der Waals surface area contributed by atoms with Crippen molar-refractivity contribution in [2.24, 2.45) is 0 Å². The zero-order valence-corrected chi connectivity index (χ0v) is 16.3. The number of likely N-dealkylation sites (tertiary alicyclic amines) is 1. The van der Waals surface area contributed by atoms with Crippen LogP contribution < -0.4 is 10.0 Å². The monoisotopic (exact) mass is 387 g/mol. The summed E-state index contributed by atoms with van der Waals surface area (Å²) >= 11 is 0. The number of rotatable bonds is 7. The molecular weight excluding hydrogens is 362 g/mol. The van der Waals surface area contributed by atoms with Crippen molar-refractivity contribution in [1.82, 2.24) is 10.2 Å². The molecule has 3 rings (SSSR count). The van der Waals surface area contributed by atoms with Crippen molar-refractivity contribution in [1.29, 1.82) is 0 Å². The smallest absolute Gasteiger partial charge is 0.253 e. The quantitative estimate of drug-likeness (QED) is 0.765. The van der Waals surface area contributed by atoms with Crippen LogP contribution in [0.15, 0.2) is 48.5 Å². The molecule has 27 heavy (non-hydrogen) atoms. The summed E-state index contributed by atoms with van der Waals surface area (Å²) in [6, 6.07) is 14.8. The van der Waals surface area contributed by atoms with Crippen LogP contribution in [0.3, 0.4) is 0 Å². The molecular formula is C20H25N3O3S. The molecule has 1 amide bonds. The number of hydrogen-bond donors (Lipinski definition) is 2. The van der Waals surface area contributed by atoms with E-state index in [1.54, 1.807) is 24.3 Å². The van der Waals surface area contributed by atoms with Gasteiger partial charge in [0, 0.05) is 13.1 Å². The van der Waals surface area contributed by atoms with Gasteiger partial charge in [-0.3, -0.25) is 14.4 Å². The number of sulfonamides is 1. The molecule has 1 fully saturated rings. The van der Waals surface area contributed by atoms with Crippen molar-refractivity contribution in [2.45, 2.75) is 25.9 Å². The van der Waals surface area contributed by atoms with Gasteiger partial charge in [-0.15, -0.1) is 0 Å². The molecule has 7 heteroatoms. The molecule has 0 bridgehead atoms. The average molecular weight is 388 g/mol. The Morgan fingerprint density at radius 3 is 2.30 bits per heavy atom.